The lowest BCUT2D eigenvalue weighted by Gasteiger charge is -2.24. The number of carbonyl (C=O) groups is 3. The Bertz CT molecular complexity index is 1550. The van der Waals surface area contributed by atoms with E-state index in [0.717, 1.165) is 33.4 Å². The summed E-state index contributed by atoms with van der Waals surface area (Å²) in [6, 6.07) is 33.5. The number of carbonyl (C=O) groups excluding carboxylic acids is 3. The van der Waals surface area contributed by atoms with Crippen LogP contribution in [0.3, 0.4) is 0 Å². The molecule has 4 aromatic rings. The van der Waals surface area contributed by atoms with Gasteiger partial charge in [0.25, 0.3) is 0 Å². The van der Waals surface area contributed by atoms with E-state index in [1.165, 1.54) is 0 Å². The zero-order valence-corrected chi connectivity index (χ0v) is 25.6. The van der Waals surface area contributed by atoms with Gasteiger partial charge in [-0.2, -0.15) is 0 Å². The fourth-order valence-electron chi connectivity index (χ4n) is 5.64. The molecule has 0 radical (unpaired) electrons. The molecule has 0 saturated carbocycles. The van der Waals surface area contributed by atoms with Crippen molar-refractivity contribution < 1.29 is 23.9 Å². The number of amides is 3. The van der Waals surface area contributed by atoms with Crippen molar-refractivity contribution in [3.63, 3.8) is 0 Å². The summed E-state index contributed by atoms with van der Waals surface area (Å²) >= 11 is 0. The quantitative estimate of drug-likeness (QED) is 0.125. The van der Waals surface area contributed by atoms with E-state index in [2.05, 4.69) is 40.2 Å². The summed E-state index contributed by atoms with van der Waals surface area (Å²) in [7, 11) is 0. The Morgan fingerprint density at radius 2 is 1.22 bits per heavy atom. The van der Waals surface area contributed by atoms with Crippen molar-refractivity contribution in [3.8, 4) is 11.1 Å². The molecule has 232 valence electrons. The number of nitrogens with one attached hydrogen (secondary N) is 3. The Labute approximate surface area is 264 Å². The third kappa shape index (κ3) is 8.50. The highest BCUT2D eigenvalue weighted by molar-refractivity contribution is 5.84. The first kappa shape index (κ1) is 31.3. The van der Waals surface area contributed by atoms with Gasteiger partial charge in [0.15, 0.2) is 0 Å². The molecule has 0 heterocycles. The van der Waals surface area contributed by atoms with E-state index >= 15 is 0 Å². The van der Waals surface area contributed by atoms with Gasteiger partial charge >= 0.3 is 18.1 Å². The molecule has 0 spiro atoms. The molecule has 0 saturated heterocycles. The van der Waals surface area contributed by atoms with Gasteiger partial charge in [-0.1, -0.05) is 123 Å². The van der Waals surface area contributed by atoms with Gasteiger partial charge in [0, 0.05) is 12.3 Å². The normalized spacial score (nSPS) is 13.2. The van der Waals surface area contributed by atoms with Crippen LogP contribution in [0.1, 0.15) is 48.4 Å². The predicted molar refractivity (Wildman–Crippen MR) is 173 cm³/mol. The number of rotatable bonds is 12. The summed E-state index contributed by atoms with van der Waals surface area (Å²) < 4.78 is 11.3. The highest BCUT2D eigenvalue weighted by Crippen LogP contribution is 2.44. The first-order valence-electron chi connectivity index (χ1n) is 15.3. The zero-order valence-electron chi connectivity index (χ0n) is 25.6. The SMILES string of the molecule is CC(C)C[C@@H](NC(=O)N[C@@H](Cc1ccccc1)C(=O)OCc1ccccc1)NC(=O)OCC1c2ccccc2-c2ccccc21. The Morgan fingerprint density at radius 3 is 1.82 bits per heavy atom. The summed E-state index contributed by atoms with van der Waals surface area (Å²) in [6.45, 7) is 4.23. The lowest BCUT2D eigenvalue weighted by atomic mass is 9.98. The molecule has 8 heteroatoms. The highest BCUT2D eigenvalue weighted by Gasteiger charge is 2.30. The minimum Gasteiger partial charge on any atom is -0.459 e. The second-order valence-corrected chi connectivity index (χ2v) is 11.6. The maximum Gasteiger partial charge on any atom is 0.408 e. The average Bonchev–Trinajstić information content (AvgIpc) is 3.36. The molecule has 5 rings (SSSR count). The van der Waals surface area contributed by atoms with Crippen LogP contribution in [0.5, 0.6) is 0 Å². The Balaban J connectivity index is 1.20. The van der Waals surface area contributed by atoms with Crippen LogP contribution >= 0.6 is 0 Å². The number of hydrogen-bond acceptors (Lipinski definition) is 5. The van der Waals surface area contributed by atoms with Crippen molar-refractivity contribution >= 4 is 18.1 Å². The Kier molecular flexibility index (Phi) is 10.5. The zero-order chi connectivity index (χ0) is 31.6. The van der Waals surface area contributed by atoms with Crippen molar-refractivity contribution in [3.05, 3.63) is 131 Å². The summed E-state index contributed by atoms with van der Waals surface area (Å²) in [5, 5.41) is 8.37. The minimum absolute atomic E-state index is 0.0800. The number of esters is 1. The molecule has 0 bridgehead atoms. The van der Waals surface area contributed by atoms with Crippen molar-refractivity contribution in [2.45, 2.75) is 51.4 Å². The number of urea groups is 1. The Hall–Kier alpha value is -5.11. The maximum absolute atomic E-state index is 13.2. The molecule has 1 aliphatic carbocycles. The molecule has 0 fully saturated rings. The molecule has 1 aliphatic rings. The molecule has 45 heavy (non-hydrogen) atoms. The van der Waals surface area contributed by atoms with Gasteiger partial charge < -0.3 is 25.4 Å². The summed E-state index contributed by atoms with van der Waals surface area (Å²) in [4.78, 5) is 39.4. The summed E-state index contributed by atoms with van der Waals surface area (Å²) in [6.07, 6.45) is -0.653. The molecule has 8 nitrogen and oxygen atoms in total. The predicted octanol–water partition coefficient (Wildman–Crippen LogP) is 6.55. The van der Waals surface area contributed by atoms with Crippen LogP contribution in [0.25, 0.3) is 11.1 Å². The largest absolute Gasteiger partial charge is 0.459 e. The third-order valence-electron chi connectivity index (χ3n) is 7.74. The van der Waals surface area contributed by atoms with Gasteiger partial charge in [-0.3, -0.25) is 0 Å². The van der Waals surface area contributed by atoms with Crippen molar-refractivity contribution in [2.75, 3.05) is 6.61 Å². The topological polar surface area (TPSA) is 106 Å². The van der Waals surface area contributed by atoms with E-state index in [-0.39, 0.29) is 31.5 Å². The van der Waals surface area contributed by atoms with Gasteiger partial charge in [-0.05, 0) is 45.7 Å². The molecular weight excluding hydrogens is 566 g/mol. The van der Waals surface area contributed by atoms with Crippen LogP contribution in [0.4, 0.5) is 9.59 Å². The maximum atomic E-state index is 13.2. The summed E-state index contributed by atoms with van der Waals surface area (Å²) in [5.74, 6) is -0.480. The molecular formula is C37H39N3O5. The number of benzene rings is 4. The van der Waals surface area contributed by atoms with Crippen LogP contribution in [-0.2, 0) is 27.3 Å². The van der Waals surface area contributed by atoms with Crippen LogP contribution in [-0.4, -0.2) is 36.9 Å². The second kappa shape index (κ2) is 15.1. The standard InChI is InChI=1S/C37H39N3O5/c1-25(2)21-34(40-37(43)45-24-32-30-19-11-9-17-28(30)29-18-10-12-20-31(29)32)39-36(42)38-33(22-26-13-5-3-6-14-26)35(41)44-23-27-15-7-4-8-16-27/h3-20,25,32-34H,21-24H2,1-2H3,(H,40,43)(H2,38,39,42)/t33-,34-/m0/s1. The smallest absolute Gasteiger partial charge is 0.408 e. The lowest BCUT2D eigenvalue weighted by Crippen LogP contribution is -2.55. The van der Waals surface area contributed by atoms with E-state index in [1.807, 2.05) is 98.8 Å². The van der Waals surface area contributed by atoms with Gasteiger partial charge in [0.1, 0.15) is 25.4 Å². The molecule has 3 amide bonds. The van der Waals surface area contributed by atoms with Gasteiger partial charge in [-0.15, -0.1) is 0 Å². The van der Waals surface area contributed by atoms with Crippen LogP contribution < -0.4 is 16.0 Å². The fraction of sp³-hybridized carbons (Fsp3) is 0.270. The molecule has 4 aromatic carbocycles. The monoisotopic (exact) mass is 605 g/mol. The molecule has 2 atom stereocenters. The van der Waals surface area contributed by atoms with E-state index in [9.17, 15) is 14.4 Å². The van der Waals surface area contributed by atoms with E-state index in [1.54, 1.807) is 0 Å². The lowest BCUT2D eigenvalue weighted by molar-refractivity contribution is -0.147. The van der Waals surface area contributed by atoms with E-state index in [0.29, 0.717) is 6.42 Å². The minimum atomic E-state index is -0.940. The molecule has 0 unspecified atom stereocenters. The third-order valence-corrected chi connectivity index (χ3v) is 7.74. The number of ether oxygens (including phenoxy) is 2. The van der Waals surface area contributed by atoms with Crippen molar-refractivity contribution in [1.82, 2.24) is 16.0 Å². The van der Waals surface area contributed by atoms with Gasteiger partial charge in [0.05, 0.1) is 0 Å². The van der Waals surface area contributed by atoms with Crippen LogP contribution in [0, 0.1) is 5.92 Å². The highest BCUT2D eigenvalue weighted by atomic mass is 16.5. The van der Waals surface area contributed by atoms with Crippen molar-refractivity contribution in [2.24, 2.45) is 5.92 Å². The first-order chi connectivity index (χ1) is 21.9. The molecule has 0 aromatic heterocycles. The fourth-order valence-corrected chi connectivity index (χ4v) is 5.64. The van der Waals surface area contributed by atoms with E-state index < -0.39 is 30.3 Å². The first-order valence-corrected chi connectivity index (χ1v) is 15.3. The Morgan fingerprint density at radius 1 is 0.667 bits per heavy atom. The number of fused-ring (bicyclic) bond motifs is 3. The second-order valence-electron chi connectivity index (χ2n) is 11.6. The van der Waals surface area contributed by atoms with Gasteiger partial charge in [-0.25, -0.2) is 14.4 Å². The summed E-state index contributed by atoms with van der Waals surface area (Å²) in [5.41, 5.74) is 6.24. The van der Waals surface area contributed by atoms with Crippen molar-refractivity contribution in [1.29, 1.82) is 0 Å². The van der Waals surface area contributed by atoms with E-state index in [4.69, 9.17) is 9.47 Å². The average molecular weight is 606 g/mol. The molecule has 0 aliphatic heterocycles. The van der Waals surface area contributed by atoms with Crippen LogP contribution in [0.15, 0.2) is 109 Å². The molecule has 3 N–H and O–H groups in total. The van der Waals surface area contributed by atoms with Gasteiger partial charge in [0.2, 0.25) is 0 Å². The number of hydrogen-bond donors (Lipinski definition) is 3. The van der Waals surface area contributed by atoms with Crippen LogP contribution in [0.2, 0.25) is 0 Å². The number of alkyl carbamates (subject to hydrolysis) is 1.